The number of fused-ring (bicyclic) bond motifs is 1. The van der Waals surface area contributed by atoms with E-state index in [9.17, 15) is 13.2 Å². The van der Waals surface area contributed by atoms with Crippen LogP contribution in [0.25, 0.3) is 0 Å². The molecule has 3 aromatic carbocycles. The molecular formula is C30H35Cl2N3O4S. The van der Waals surface area contributed by atoms with Crippen LogP contribution in [0, 0.1) is 5.92 Å². The molecule has 7 nitrogen and oxygen atoms in total. The van der Waals surface area contributed by atoms with Crippen molar-refractivity contribution in [2.45, 2.75) is 56.6 Å². The number of hydrogen-bond donors (Lipinski definition) is 3. The lowest BCUT2D eigenvalue weighted by Gasteiger charge is -2.28. The zero-order valence-electron chi connectivity index (χ0n) is 22.6. The number of rotatable bonds is 12. The SMILES string of the molecule is CC(C)CCNCc1ccc2c(c1)OCCC2NC(=O)CC(NS(=O)(=O)c1ccc(Cl)c(Cl)c1)c1ccccc1. The molecule has 2 unspecified atom stereocenters. The Hall–Kier alpha value is -2.62. The van der Waals surface area contributed by atoms with Crippen LogP contribution in [0.4, 0.5) is 0 Å². The Morgan fingerprint density at radius 2 is 1.80 bits per heavy atom. The van der Waals surface area contributed by atoms with Gasteiger partial charge < -0.3 is 15.4 Å². The predicted octanol–water partition coefficient (Wildman–Crippen LogP) is 6.18. The maximum Gasteiger partial charge on any atom is 0.241 e. The number of sulfonamides is 1. The van der Waals surface area contributed by atoms with Gasteiger partial charge in [-0.05, 0) is 54.3 Å². The van der Waals surface area contributed by atoms with E-state index in [1.807, 2.05) is 24.3 Å². The Balaban J connectivity index is 1.45. The Kier molecular flexibility index (Phi) is 10.5. The van der Waals surface area contributed by atoms with E-state index in [0.717, 1.165) is 36.4 Å². The molecule has 0 bridgehead atoms. The van der Waals surface area contributed by atoms with Crippen molar-refractivity contribution in [3.63, 3.8) is 0 Å². The van der Waals surface area contributed by atoms with Crippen molar-refractivity contribution in [2.24, 2.45) is 5.92 Å². The maximum absolute atomic E-state index is 13.3. The molecule has 3 N–H and O–H groups in total. The summed E-state index contributed by atoms with van der Waals surface area (Å²) < 4.78 is 35.0. The van der Waals surface area contributed by atoms with Gasteiger partial charge in [-0.2, -0.15) is 0 Å². The molecule has 3 aromatic rings. The second-order valence-corrected chi connectivity index (χ2v) is 12.9. The first-order valence-corrected chi connectivity index (χ1v) is 15.6. The standard InChI is InChI=1S/C30H35Cl2N3O4S/c1-20(2)12-14-33-19-21-8-10-24-27(13-15-39-29(24)16-21)34-30(36)18-28(22-6-4-3-5-7-22)35-40(37,38)23-9-11-25(31)26(32)17-23/h3-11,16-17,20,27-28,33,35H,12-15,18-19H2,1-2H3,(H,34,36). The van der Waals surface area contributed by atoms with E-state index in [1.165, 1.54) is 18.2 Å². The van der Waals surface area contributed by atoms with Crippen LogP contribution in [-0.4, -0.2) is 27.5 Å². The Morgan fingerprint density at radius 3 is 2.52 bits per heavy atom. The number of halogens is 2. The normalized spacial score (nSPS) is 15.8. The molecule has 2 atom stereocenters. The molecule has 0 saturated carbocycles. The van der Waals surface area contributed by atoms with E-state index >= 15 is 0 Å². The molecular weight excluding hydrogens is 569 g/mol. The van der Waals surface area contributed by atoms with Gasteiger partial charge in [0, 0.05) is 24.9 Å². The van der Waals surface area contributed by atoms with E-state index in [4.69, 9.17) is 27.9 Å². The van der Waals surface area contributed by atoms with Gasteiger partial charge in [0.2, 0.25) is 15.9 Å². The summed E-state index contributed by atoms with van der Waals surface area (Å²) in [6, 6.07) is 18.2. The third kappa shape index (κ3) is 8.21. The number of ether oxygens (including phenoxy) is 1. The molecule has 1 amide bonds. The monoisotopic (exact) mass is 603 g/mol. The Morgan fingerprint density at radius 1 is 1.02 bits per heavy atom. The van der Waals surface area contributed by atoms with Gasteiger partial charge >= 0.3 is 0 Å². The molecule has 0 spiro atoms. The molecule has 40 heavy (non-hydrogen) atoms. The van der Waals surface area contributed by atoms with E-state index in [2.05, 4.69) is 29.2 Å². The topological polar surface area (TPSA) is 96.5 Å². The van der Waals surface area contributed by atoms with Gasteiger partial charge in [-0.15, -0.1) is 0 Å². The van der Waals surface area contributed by atoms with Crippen LogP contribution in [0.1, 0.15) is 61.9 Å². The van der Waals surface area contributed by atoms with Gasteiger partial charge in [0.15, 0.2) is 0 Å². The Labute approximate surface area is 246 Å². The highest BCUT2D eigenvalue weighted by Gasteiger charge is 2.27. The summed E-state index contributed by atoms with van der Waals surface area (Å²) in [5.74, 6) is 1.14. The van der Waals surface area contributed by atoms with Gasteiger partial charge in [-0.1, -0.05) is 79.5 Å². The highest BCUT2D eigenvalue weighted by atomic mass is 35.5. The summed E-state index contributed by atoms with van der Waals surface area (Å²) >= 11 is 12.0. The fraction of sp³-hybridized carbons (Fsp3) is 0.367. The van der Waals surface area contributed by atoms with E-state index in [0.29, 0.717) is 24.5 Å². The summed E-state index contributed by atoms with van der Waals surface area (Å²) in [4.78, 5) is 13.3. The number of amides is 1. The molecule has 1 aliphatic heterocycles. The second kappa shape index (κ2) is 13.8. The van der Waals surface area contributed by atoms with Crippen molar-refractivity contribution in [1.82, 2.24) is 15.4 Å². The van der Waals surface area contributed by atoms with Crippen LogP contribution in [0.15, 0.2) is 71.6 Å². The summed E-state index contributed by atoms with van der Waals surface area (Å²) in [5, 5.41) is 6.94. The van der Waals surface area contributed by atoms with Crippen molar-refractivity contribution >= 4 is 39.1 Å². The molecule has 0 fully saturated rings. The minimum absolute atomic E-state index is 0.0314. The van der Waals surface area contributed by atoms with Crippen molar-refractivity contribution in [3.8, 4) is 5.75 Å². The zero-order chi connectivity index (χ0) is 28.7. The van der Waals surface area contributed by atoms with Gasteiger partial charge in [0.05, 0.1) is 33.6 Å². The molecule has 0 radical (unpaired) electrons. The zero-order valence-corrected chi connectivity index (χ0v) is 25.0. The number of carbonyl (C=O) groups is 1. The van der Waals surface area contributed by atoms with Crippen LogP contribution in [0.3, 0.4) is 0 Å². The molecule has 1 heterocycles. The average molecular weight is 605 g/mol. The van der Waals surface area contributed by atoms with Gasteiger partial charge in [-0.3, -0.25) is 4.79 Å². The van der Waals surface area contributed by atoms with E-state index < -0.39 is 16.1 Å². The molecule has 10 heteroatoms. The van der Waals surface area contributed by atoms with Gasteiger partial charge in [-0.25, -0.2) is 13.1 Å². The average Bonchev–Trinajstić information content (AvgIpc) is 2.92. The summed E-state index contributed by atoms with van der Waals surface area (Å²) in [5.41, 5.74) is 2.71. The van der Waals surface area contributed by atoms with Crippen molar-refractivity contribution in [2.75, 3.05) is 13.2 Å². The Bertz CT molecular complexity index is 1420. The smallest absolute Gasteiger partial charge is 0.241 e. The number of nitrogens with one attached hydrogen (secondary N) is 3. The highest BCUT2D eigenvalue weighted by Crippen LogP contribution is 2.33. The third-order valence-corrected chi connectivity index (χ3v) is 8.98. The predicted molar refractivity (Wildman–Crippen MR) is 159 cm³/mol. The minimum atomic E-state index is -3.99. The summed E-state index contributed by atoms with van der Waals surface area (Å²) in [7, 11) is -3.99. The van der Waals surface area contributed by atoms with Gasteiger partial charge in [0.1, 0.15) is 5.75 Å². The molecule has 214 valence electrons. The molecule has 0 aromatic heterocycles. The second-order valence-electron chi connectivity index (χ2n) is 10.4. The molecule has 0 saturated heterocycles. The first-order valence-electron chi connectivity index (χ1n) is 13.4. The highest BCUT2D eigenvalue weighted by molar-refractivity contribution is 7.89. The van der Waals surface area contributed by atoms with Crippen LogP contribution in [0.2, 0.25) is 10.0 Å². The maximum atomic E-state index is 13.3. The third-order valence-electron chi connectivity index (χ3n) is 6.77. The molecule has 0 aliphatic carbocycles. The van der Waals surface area contributed by atoms with Crippen molar-refractivity contribution in [1.29, 1.82) is 0 Å². The quantitative estimate of drug-likeness (QED) is 0.215. The first kappa shape index (κ1) is 30.3. The molecule has 1 aliphatic rings. The number of carbonyl (C=O) groups excluding carboxylic acids is 1. The van der Waals surface area contributed by atoms with Crippen molar-refractivity contribution < 1.29 is 17.9 Å². The molecule has 4 rings (SSSR count). The number of hydrogen-bond acceptors (Lipinski definition) is 5. The van der Waals surface area contributed by atoms with Crippen LogP contribution < -0.4 is 20.1 Å². The van der Waals surface area contributed by atoms with E-state index in [1.54, 1.807) is 24.3 Å². The first-order chi connectivity index (χ1) is 19.1. The lowest BCUT2D eigenvalue weighted by molar-refractivity contribution is -0.122. The fourth-order valence-electron chi connectivity index (χ4n) is 4.57. The van der Waals surface area contributed by atoms with Crippen molar-refractivity contribution in [3.05, 3.63) is 93.5 Å². The van der Waals surface area contributed by atoms with E-state index in [-0.39, 0.29) is 33.3 Å². The van der Waals surface area contributed by atoms with Crippen LogP contribution >= 0.6 is 23.2 Å². The lowest BCUT2D eigenvalue weighted by Crippen LogP contribution is -2.36. The number of benzene rings is 3. The lowest BCUT2D eigenvalue weighted by atomic mass is 9.98. The summed E-state index contributed by atoms with van der Waals surface area (Å²) in [6.45, 7) is 6.59. The minimum Gasteiger partial charge on any atom is -0.493 e. The fourth-order valence-corrected chi connectivity index (χ4v) is 6.18. The van der Waals surface area contributed by atoms with Crippen LogP contribution in [-0.2, 0) is 21.4 Å². The summed E-state index contributed by atoms with van der Waals surface area (Å²) in [6.07, 6.45) is 1.65. The van der Waals surface area contributed by atoms with Crippen LogP contribution in [0.5, 0.6) is 5.75 Å². The van der Waals surface area contributed by atoms with Gasteiger partial charge in [0.25, 0.3) is 0 Å². The largest absolute Gasteiger partial charge is 0.493 e.